The molecule has 9 heterocycles. The molecule has 0 atom stereocenters. The van der Waals surface area contributed by atoms with Crippen LogP contribution < -0.4 is 82.9 Å². The number of nitrogens with two attached hydrogens (primary N) is 1. The van der Waals surface area contributed by atoms with Gasteiger partial charge in [-0.05, 0) is 131 Å². The van der Waals surface area contributed by atoms with Crippen molar-refractivity contribution in [1.82, 2.24) is 45.9 Å². The number of alkyl halides is 2. The van der Waals surface area contributed by atoms with Crippen molar-refractivity contribution in [2.24, 2.45) is 5.73 Å². The summed E-state index contributed by atoms with van der Waals surface area (Å²) < 4.78 is 10.5. The number of piperidine rings is 3. The third kappa shape index (κ3) is 23.1. The summed E-state index contributed by atoms with van der Waals surface area (Å²) in [7, 11) is 0. The standard InChI is InChI=1S/C18H26N4O2S.C13H18N4S.C10H20N2O2.C8H7ClN2S.CH2Cl2.2ClH.K.H/c1-5-13-10-14-15(19-11-20-16(14)25-13)22-8-6-12(7-9-22)21-17(23)24-18(2,3)4;1-2-10-7-11-12(15-8-16-13(11)18-10)17-5-3-9(14)4-6-17;1-10(2,3)14-9(13)12-8-4-6-11-7-5-8;1-2-5-3-6-7(9)10-4-11-8(6)12-5;2-1-3;;;;/h10-12H,5-9H2,1-4H3,(H,21,23);7-9H,2-6,14H2,1H3;8,11H,4-7H2,1-3H3,(H,12,13);3-4H,2H2,1H3;1H2;2*1H;;/q;;;;;;;+1;-1. The molecule has 0 aromatic carbocycles. The number of fused-ring (bicyclic) bond motifs is 3. The van der Waals surface area contributed by atoms with Crippen LogP contribution in [0.3, 0.4) is 0 Å². The molecule has 0 unspecified atom stereocenters. The molecule has 6 aromatic rings. The maximum absolute atomic E-state index is 11.9. The average molecular weight is 1220 g/mol. The summed E-state index contributed by atoms with van der Waals surface area (Å²) in [6, 6.07) is 7.28. The Kier molecular flexibility index (Phi) is 31.8. The Balaban J connectivity index is 0.000000506. The number of carbonyl (C=O) groups excluding carboxylic acids is 2. The summed E-state index contributed by atoms with van der Waals surface area (Å²) >= 11 is 20.6. The van der Waals surface area contributed by atoms with E-state index in [9.17, 15) is 9.59 Å². The zero-order chi connectivity index (χ0) is 52.4. The molecule has 3 saturated heterocycles. The zero-order valence-electron chi connectivity index (χ0n) is 46.0. The van der Waals surface area contributed by atoms with Crippen LogP contribution in [0.15, 0.2) is 37.2 Å². The van der Waals surface area contributed by atoms with E-state index in [4.69, 9.17) is 50.0 Å². The van der Waals surface area contributed by atoms with Gasteiger partial charge in [0.25, 0.3) is 0 Å². The molecular weight excluding hydrogens is 1150 g/mol. The number of anilines is 2. The second-order valence-electron chi connectivity index (χ2n) is 19.4. The van der Waals surface area contributed by atoms with Crippen LogP contribution in [0.5, 0.6) is 0 Å². The number of ether oxygens (including phenoxy) is 2. The quantitative estimate of drug-likeness (QED) is 0.0670. The molecule has 75 heavy (non-hydrogen) atoms. The number of hydrogen-bond donors (Lipinski definition) is 4. The number of hydrogen-bond acceptors (Lipinski definition) is 17. The number of amides is 2. The van der Waals surface area contributed by atoms with Crippen LogP contribution >= 0.6 is 93.6 Å². The van der Waals surface area contributed by atoms with Gasteiger partial charge >= 0.3 is 63.6 Å². The number of alkyl carbamates (subject to hydrolysis) is 2. The molecule has 3 aliphatic heterocycles. The van der Waals surface area contributed by atoms with Gasteiger partial charge in [-0.1, -0.05) is 32.4 Å². The molecule has 2 amide bonds. The van der Waals surface area contributed by atoms with Crippen molar-refractivity contribution in [3.8, 4) is 0 Å². The molecule has 6 aromatic heterocycles. The Morgan fingerprint density at radius 1 is 0.640 bits per heavy atom. The van der Waals surface area contributed by atoms with Crippen LogP contribution in [-0.2, 0) is 28.7 Å². The van der Waals surface area contributed by atoms with Gasteiger partial charge in [-0.15, -0.1) is 82.0 Å². The molecule has 3 fully saturated rings. The van der Waals surface area contributed by atoms with Crippen LogP contribution in [-0.4, -0.2) is 116 Å². The third-order valence-corrected chi connectivity index (χ3v) is 15.4. The van der Waals surface area contributed by atoms with E-state index in [-0.39, 0.29) is 107 Å². The molecule has 0 bridgehead atoms. The predicted molar refractivity (Wildman–Crippen MR) is 317 cm³/mol. The van der Waals surface area contributed by atoms with E-state index in [1.165, 1.54) is 26.3 Å². The summed E-state index contributed by atoms with van der Waals surface area (Å²) in [6.07, 6.45) is 13.1. The summed E-state index contributed by atoms with van der Waals surface area (Å²) in [5.74, 6) is 2.10. The minimum atomic E-state index is -0.465. The van der Waals surface area contributed by atoms with E-state index < -0.39 is 11.2 Å². The van der Waals surface area contributed by atoms with Gasteiger partial charge < -0.3 is 42.4 Å². The van der Waals surface area contributed by atoms with Crippen molar-refractivity contribution in [3.05, 3.63) is 57.0 Å². The number of halogens is 5. The zero-order valence-corrected chi connectivity index (χ0v) is 54.4. The largest absolute Gasteiger partial charge is 1.00 e. The molecule has 414 valence electrons. The Bertz CT molecular complexity index is 2620. The minimum Gasteiger partial charge on any atom is -1.00 e. The van der Waals surface area contributed by atoms with E-state index in [0.29, 0.717) is 11.2 Å². The van der Waals surface area contributed by atoms with Gasteiger partial charge in [-0.3, -0.25) is 0 Å². The first-order valence-electron chi connectivity index (χ1n) is 24.8. The first-order valence-corrected chi connectivity index (χ1v) is 28.7. The minimum absolute atomic E-state index is 0. The average Bonchev–Trinajstić information content (AvgIpc) is 4.10. The molecule has 25 heteroatoms. The summed E-state index contributed by atoms with van der Waals surface area (Å²) in [5.41, 5.74) is 5.09. The number of carbonyl (C=O) groups is 2. The monoisotopic (exact) mass is 1220 g/mol. The second kappa shape index (κ2) is 34.4. The van der Waals surface area contributed by atoms with Gasteiger partial charge in [0.05, 0.1) is 16.1 Å². The Labute approximate surface area is 526 Å². The first-order chi connectivity index (χ1) is 34.3. The van der Waals surface area contributed by atoms with Crippen molar-refractivity contribution in [3.63, 3.8) is 0 Å². The van der Waals surface area contributed by atoms with Crippen molar-refractivity contribution in [2.75, 3.05) is 54.4 Å². The van der Waals surface area contributed by atoms with E-state index >= 15 is 0 Å². The van der Waals surface area contributed by atoms with Crippen molar-refractivity contribution in [2.45, 2.75) is 149 Å². The van der Waals surface area contributed by atoms with E-state index in [1.54, 1.807) is 46.7 Å². The van der Waals surface area contributed by atoms with Gasteiger partial charge in [0.2, 0.25) is 0 Å². The number of rotatable bonds is 7. The van der Waals surface area contributed by atoms with Crippen LogP contribution in [0.1, 0.15) is 117 Å². The Morgan fingerprint density at radius 2 is 0.987 bits per heavy atom. The first kappa shape index (κ1) is 69.4. The van der Waals surface area contributed by atoms with Gasteiger partial charge in [0.15, 0.2) is 0 Å². The van der Waals surface area contributed by atoms with E-state index in [2.05, 4.69) is 94.6 Å². The van der Waals surface area contributed by atoms with Crippen molar-refractivity contribution < 1.29 is 71.9 Å². The summed E-state index contributed by atoms with van der Waals surface area (Å²) in [4.78, 5) is 60.9. The predicted octanol–water partition coefficient (Wildman–Crippen LogP) is 9.48. The fourth-order valence-electron chi connectivity index (χ4n) is 7.95. The second-order valence-corrected chi connectivity index (χ2v) is 23.9. The number of aryl methyl sites for hydroxylation is 3. The van der Waals surface area contributed by atoms with Crippen molar-refractivity contribution >= 4 is 148 Å². The topological polar surface area (TPSA) is 199 Å². The molecule has 0 aliphatic carbocycles. The number of aromatic nitrogens is 6. The summed E-state index contributed by atoms with van der Waals surface area (Å²) in [5, 5.41) is 13.2. The van der Waals surface area contributed by atoms with E-state index in [1.807, 2.05) is 41.5 Å². The fourth-order valence-corrected chi connectivity index (χ4v) is 11.0. The molecule has 0 saturated carbocycles. The Hall–Kier alpha value is -1.73. The smallest absolute Gasteiger partial charge is 1.00 e. The van der Waals surface area contributed by atoms with E-state index in [0.717, 1.165) is 134 Å². The normalized spacial score (nSPS) is 15.2. The summed E-state index contributed by atoms with van der Waals surface area (Å²) in [6.45, 7) is 23.4. The SMILES string of the molecule is CC(C)(C)OC(=O)NC1CCNCC1.CCc1cc2c(Cl)ncnc2s1.CCc1cc2c(N3CCC(N)CC3)ncnc2s1.CCc1cc2c(N3CCC(NC(=O)OC(C)(C)C)CC3)ncnc2s1.Cl.Cl.ClCCl.[H-].[K+]. The maximum atomic E-state index is 11.9. The maximum Gasteiger partial charge on any atom is 1.00 e. The Morgan fingerprint density at radius 3 is 1.36 bits per heavy atom. The molecule has 9 rings (SSSR count). The molecule has 0 radical (unpaired) electrons. The number of thiophene rings is 3. The van der Waals surface area contributed by atoms with Gasteiger partial charge in [0, 0.05) is 64.3 Å². The van der Waals surface area contributed by atoms with Gasteiger partial charge in [0.1, 0.15) is 61.5 Å². The molecule has 3 aliphatic rings. The van der Waals surface area contributed by atoms with Gasteiger partial charge in [-0.2, -0.15) is 0 Å². The number of nitrogens with zero attached hydrogens (tertiary/aromatic N) is 8. The molecule has 5 N–H and O–H groups in total. The van der Waals surface area contributed by atoms with Crippen LogP contribution in [0.2, 0.25) is 5.15 Å². The van der Waals surface area contributed by atoms with Crippen LogP contribution in [0.25, 0.3) is 30.6 Å². The van der Waals surface area contributed by atoms with Crippen molar-refractivity contribution in [1.29, 1.82) is 0 Å². The van der Waals surface area contributed by atoms with Crippen LogP contribution in [0, 0.1) is 0 Å². The third-order valence-electron chi connectivity index (χ3n) is 11.5. The molecule has 0 spiro atoms. The van der Waals surface area contributed by atoms with Gasteiger partial charge in [-0.25, -0.2) is 39.5 Å². The van der Waals surface area contributed by atoms with Crippen LogP contribution in [0.4, 0.5) is 21.2 Å². The molecule has 16 nitrogen and oxygen atoms in total. The number of nitrogens with one attached hydrogen (secondary N) is 3. The fraction of sp³-hybridized carbons (Fsp3) is 0.600. The molecular formula is C50H76Cl5KN12O4S3.